The zero-order valence-electron chi connectivity index (χ0n) is 16.8. The Labute approximate surface area is 158 Å². The van der Waals surface area contributed by atoms with Gasteiger partial charge in [0.25, 0.3) is 0 Å². The van der Waals surface area contributed by atoms with Gasteiger partial charge in [0.1, 0.15) is 8.07 Å². The first-order valence-corrected chi connectivity index (χ1v) is 12.6. The smallest absolute Gasteiger partial charge is 0.0662 e. The molecule has 0 amide bonds. The highest BCUT2D eigenvalue weighted by Crippen LogP contribution is 2.42. The normalized spacial score (nSPS) is 18.5. The Bertz CT molecular complexity index is 1040. The Kier molecular flexibility index (Phi) is 3.96. The molecule has 0 radical (unpaired) electrons. The maximum Gasteiger partial charge on any atom is 0.110 e. The highest BCUT2D eigenvalue weighted by atomic mass is 28.3. The van der Waals surface area contributed by atoms with Gasteiger partial charge in [0, 0.05) is 0 Å². The van der Waals surface area contributed by atoms with E-state index in [1.165, 1.54) is 27.1 Å². The molecule has 3 aromatic carbocycles. The van der Waals surface area contributed by atoms with E-state index in [9.17, 15) is 0 Å². The van der Waals surface area contributed by atoms with E-state index >= 15 is 0 Å². The molecule has 1 unspecified atom stereocenters. The van der Waals surface area contributed by atoms with Crippen LogP contribution in [0.1, 0.15) is 27.7 Å². The largest absolute Gasteiger partial charge is 0.110 e. The fourth-order valence-corrected chi connectivity index (χ4v) is 9.69. The van der Waals surface area contributed by atoms with Crippen molar-refractivity contribution in [2.75, 3.05) is 0 Å². The summed E-state index contributed by atoms with van der Waals surface area (Å²) in [7, 11) is -1.85. The molecule has 1 atom stereocenters. The van der Waals surface area contributed by atoms with E-state index in [1.807, 2.05) is 0 Å². The molecule has 0 saturated carbocycles. The Morgan fingerprint density at radius 1 is 0.731 bits per heavy atom. The van der Waals surface area contributed by atoms with Gasteiger partial charge in [-0.05, 0) is 65.1 Å². The van der Waals surface area contributed by atoms with Gasteiger partial charge in [-0.15, -0.1) is 0 Å². The van der Waals surface area contributed by atoms with Crippen LogP contribution in [-0.4, -0.2) is 8.07 Å². The molecule has 0 N–H and O–H groups in total. The molecule has 1 aliphatic carbocycles. The Hall–Kier alpha value is -2.12. The summed E-state index contributed by atoms with van der Waals surface area (Å²) in [5.74, 6) is 0.564. The average Bonchev–Trinajstić information content (AvgIpc) is 2.82. The van der Waals surface area contributed by atoms with Gasteiger partial charge in [-0.2, -0.15) is 0 Å². The van der Waals surface area contributed by atoms with Gasteiger partial charge in [0.2, 0.25) is 0 Å². The first-order valence-electron chi connectivity index (χ1n) is 9.64. The van der Waals surface area contributed by atoms with Crippen molar-refractivity contribution < 1.29 is 0 Å². The van der Waals surface area contributed by atoms with Gasteiger partial charge < -0.3 is 0 Å². The van der Waals surface area contributed by atoms with Crippen molar-refractivity contribution >= 4 is 34.8 Å². The molecule has 0 saturated heterocycles. The Morgan fingerprint density at radius 3 is 1.69 bits per heavy atom. The van der Waals surface area contributed by atoms with Crippen LogP contribution in [0.3, 0.4) is 0 Å². The zero-order valence-corrected chi connectivity index (χ0v) is 17.8. The predicted molar refractivity (Wildman–Crippen MR) is 119 cm³/mol. The molecular formula is C25H28Si. The second kappa shape index (κ2) is 5.96. The number of rotatable bonds is 2. The quantitative estimate of drug-likeness (QED) is 0.352. The third kappa shape index (κ3) is 2.34. The van der Waals surface area contributed by atoms with Crippen LogP contribution >= 0.6 is 0 Å². The molecule has 0 aliphatic heterocycles. The zero-order chi connectivity index (χ0) is 18.6. The van der Waals surface area contributed by atoms with Crippen molar-refractivity contribution in [3.05, 3.63) is 76.5 Å². The van der Waals surface area contributed by atoms with Crippen molar-refractivity contribution in [2.45, 2.75) is 40.8 Å². The van der Waals surface area contributed by atoms with Crippen molar-refractivity contribution in [3.63, 3.8) is 0 Å². The molecule has 0 heterocycles. The maximum atomic E-state index is 2.56. The van der Waals surface area contributed by atoms with Crippen LogP contribution in [0.5, 0.6) is 0 Å². The summed E-state index contributed by atoms with van der Waals surface area (Å²) in [5, 5.41) is 8.94. The van der Waals surface area contributed by atoms with Crippen LogP contribution in [0, 0.1) is 5.92 Å². The van der Waals surface area contributed by atoms with Crippen molar-refractivity contribution in [3.8, 4) is 0 Å². The number of fused-ring (bicyclic) bond motifs is 2. The van der Waals surface area contributed by atoms with Crippen LogP contribution in [0.4, 0.5) is 0 Å². The summed E-state index contributed by atoms with van der Waals surface area (Å²) < 4.78 is 0. The van der Waals surface area contributed by atoms with Crippen LogP contribution in [0.15, 0.2) is 76.5 Å². The second-order valence-electron chi connectivity index (χ2n) is 8.39. The summed E-state index contributed by atoms with van der Waals surface area (Å²) >= 11 is 0. The first kappa shape index (κ1) is 17.3. The van der Waals surface area contributed by atoms with E-state index < -0.39 is 8.07 Å². The fraction of sp³-hybridized carbons (Fsp3) is 0.280. The summed E-state index contributed by atoms with van der Waals surface area (Å²) in [6, 6.07) is 20.3. The maximum absolute atomic E-state index is 2.56. The van der Waals surface area contributed by atoms with Gasteiger partial charge in [-0.25, -0.2) is 0 Å². The molecule has 0 spiro atoms. The highest BCUT2D eigenvalue weighted by molar-refractivity contribution is 6.99. The molecule has 0 fully saturated rings. The van der Waals surface area contributed by atoms with E-state index in [2.05, 4.69) is 95.4 Å². The van der Waals surface area contributed by atoms with E-state index in [1.54, 1.807) is 21.5 Å². The van der Waals surface area contributed by atoms with E-state index in [0.29, 0.717) is 5.92 Å². The topological polar surface area (TPSA) is 0 Å². The van der Waals surface area contributed by atoms with E-state index in [0.717, 1.165) is 0 Å². The SMILES string of the molecule is CC1=C(C)C(C)C([Si](C)(C)c2c3ccccc3cc3ccccc23)=C1C. The third-order valence-electron chi connectivity index (χ3n) is 6.71. The molecule has 3 aromatic rings. The van der Waals surface area contributed by atoms with Gasteiger partial charge in [0.15, 0.2) is 0 Å². The molecule has 0 aromatic heterocycles. The fourth-order valence-electron chi connectivity index (χ4n) is 5.20. The van der Waals surface area contributed by atoms with Crippen molar-refractivity contribution in [1.82, 2.24) is 0 Å². The van der Waals surface area contributed by atoms with Gasteiger partial charge in [-0.1, -0.05) is 84.9 Å². The molecule has 132 valence electrons. The molecular weight excluding hydrogens is 328 g/mol. The standard InChI is InChI=1S/C25H28Si/c1-16-17(2)19(4)24(18(16)3)26(5,6)25-22-13-9-7-11-20(22)15-21-12-8-10-14-23(21)25/h7-15,18H,1-6H3. The third-order valence-corrected chi connectivity index (χ3v) is 10.7. The Balaban J connectivity index is 2.10. The summed E-state index contributed by atoms with van der Waals surface area (Å²) in [4.78, 5) is 0. The van der Waals surface area contributed by atoms with Crippen LogP contribution in [0.2, 0.25) is 13.1 Å². The monoisotopic (exact) mass is 356 g/mol. The lowest BCUT2D eigenvalue weighted by molar-refractivity contribution is 0.849. The molecule has 26 heavy (non-hydrogen) atoms. The summed E-state index contributed by atoms with van der Waals surface area (Å²) in [6.07, 6.45) is 0. The number of allylic oxidation sites excluding steroid dienone is 4. The lowest BCUT2D eigenvalue weighted by Crippen LogP contribution is -2.46. The Morgan fingerprint density at radius 2 is 1.23 bits per heavy atom. The minimum Gasteiger partial charge on any atom is -0.0662 e. The van der Waals surface area contributed by atoms with E-state index in [4.69, 9.17) is 0 Å². The van der Waals surface area contributed by atoms with Gasteiger partial charge >= 0.3 is 0 Å². The van der Waals surface area contributed by atoms with Crippen LogP contribution in [0.25, 0.3) is 21.5 Å². The number of hydrogen-bond donors (Lipinski definition) is 0. The second-order valence-corrected chi connectivity index (χ2v) is 12.7. The number of hydrogen-bond acceptors (Lipinski definition) is 0. The van der Waals surface area contributed by atoms with Gasteiger partial charge in [0.05, 0.1) is 0 Å². The highest BCUT2D eigenvalue weighted by Gasteiger charge is 2.39. The minimum atomic E-state index is -1.85. The molecule has 1 heteroatoms. The van der Waals surface area contributed by atoms with Crippen molar-refractivity contribution in [1.29, 1.82) is 0 Å². The molecule has 1 aliphatic rings. The summed E-state index contributed by atoms with van der Waals surface area (Å²) in [5.41, 5.74) is 4.61. The summed E-state index contributed by atoms with van der Waals surface area (Å²) in [6.45, 7) is 14.5. The lowest BCUT2D eigenvalue weighted by Gasteiger charge is -2.32. The average molecular weight is 357 g/mol. The van der Waals surface area contributed by atoms with Crippen molar-refractivity contribution in [2.24, 2.45) is 5.92 Å². The predicted octanol–water partition coefficient (Wildman–Crippen LogP) is 6.75. The number of benzene rings is 3. The van der Waals surface area contributed by atoms with Gasteiger partial charge in [-0.3, -0.25) is 0 Å². The first-order chi connectivity index (χ1) is 12.3. The van der Waals surface area contributed by atoms with Crippen LogP contribution < -0.4 is 5.19 Å². The molecule has 0 bridgehead atoms. The minimum absolute atomic E-state index is 0.564. The molecule has 0 nitrogen and oxygen atoms in total. The van der Waals surface area contributed by atoms with E-state index in [-0.39, 0.29) is 0 Å². The molecule has 4 rings (SSSR count). The van der Waals surface area contributed by atoms with Crippen LogP contribution in [-0.2, 0) is 0 Å². The lowest BCUT2D eigenvalue weighted by atomic mass is 10.0.